The van der Waals surface area contributed by atoms with Crippen molar-refractivity contribution in [2.45, 2.75) is 45.3 Å². The summed E-state index contributed by atoms with van der Waals surface area (Å²) in [7, 11) is 1.48. The summed E-state index contributed by atoms with van der Waals surface area (Å²) in [4.78, 5) is 25.0. The molecule has 1 aliphatic rings. The van der Waals surface area contributed by atoms with Gasteiger partial charge in [-0.1, -0.05) is 13.8 Å². The van der Waals surface area contributed by atoms with Gasteiger partial charge in [-0.05, 0) is 25.7 Å². The highest BCUT2D eigenvalue weighted by Gasteiger charge is 2.45. The molecule has 5 nitrogen and oxygen atoms in total. The van der Waals surface area contributed by atoms with Crippen LogP contribution in [-0.2, 0) is 14.3 Å². The molecule has 0 aromatic heterocycles. The van der Waals surface area contributed by atoms with Crippen LogP contribution in [0.25, 0.3) is 0 Å². The molecular formula is C12H21NO4. The quantitative estimate of drug-likeness (QED) is 0.803. The Morgan fingerprint density at radius 3 is 2.53 bits per heavy atom. The van der Waals surface area contributed by atoms with Crippen LogP contribution in [0, 0.1) is 5.92 Å². The van der Waals surface area contributed by atoms with Crippen molar-refractivity contribution in [1.82, 2.24) is 4.90 Å². The number of aliphatic carboxylic acids is 1. The predicted molar refractivity (Wildman–Crippen MR) is 62.6 cm³/mol. The number of methoxy groups -OCH3 is 1. The Labute approximate surface area is 102 Å². The largest absolute Gasteiger partial charge is 0.480 e. The molecule has 0 aromatic rings. The van der Waals surface area contributed by atoms with Gasteiger partial charge in [0, 0.05) is 13.7 Å². The number of carbonyl (C=O) groups is 2. The number of hydrogen-bond acceptors (Lipinski definition) is 3. The third-order valence-electron chi connectivity index (χ3n) is 3.79. The first kappa shape index (κ1) is 14.0. The van der Waals surface area contributed by atoms with Gasteiger partial charge in [-0.15, -0.1) is 0 Å². The van der Waals surface area contributed by atoms with E-state index >= 15 is 0 Å². The number of rotatable bonds is 4. The standard InChI is InChI=1S/C12H21NO4/c1-5-12(3,17-4)11(16)13-7-6-8(2)9(13)10(14)15/h8-9H,5-7H2,1-4H3,(H,14,15). The molecule has 0 saturated carbocycles. The van der Waals surface area contributed by atoms with Crippen molar-refractivity contribution in [3.63, 3.8) is 0 Å². The van der Waals surface area contributed by atoms with Gasteiger partial charge in [-0.25, -0.2) is 4.79 Å². The van der Waals surface area contributed by atoms with Gasteiger partial charge >= 0.3 is 5.97 Å². The van der Waals surface area contributed by atoms with E-state index in [2.05, 4.69) is 0 Å². The highest BCUT2D eigenvalue weighted by Crippen LogP contribution is 2.28. The monoisotopic (exact) mass is 243 g/mol. The SMILES string of the molecule is CCC(C)(OC)C(=O)N1CCC(C)C1C(=O)O. The van der Waals surface area contributed by atoms with Gasteiger partial charge < -0.3 is 14.7 Å². The molecule has 0 bridgehead atoms. The molecule has 0 aromatic carbocycles. The Balaban J connectivity index is 2.92. The molecule has 1 heterocycles. The van der Waals surface area contributed by atoms with Crippen LogP contribution in [0.15, 0.2) is 0 Å². The van der Waals surface area contributed by atoms with E-state index in [0.29, 0.717) is 13.0 Å². The smallest absolute Gasteiger partial charge is 0.326 e. The van der Waals surface area contributed by atoms with Gasteiger partial charge in [0.05, 0.1) is 0 Å². The number of carboxylic acids is 1. The van der Waals surface area contributed by atoms with Gasteiger partial charge in [0.25, 0.3) is 5.91 Å². The number of carboxylic acid groups (broad SMARTS) is 1. The maximum Gasteiger partial charge on any atom is 0.326 e. The van der Waals surface area contributed by atoms with Crippen LogP contribution in [-0.4, -0.2) is 47.2 Å². The molecule has 0 spiro atoms. The van der Waals surface area contributed by atoms with Gasteiger partial charge in [0.1, 0.15) is 11.6 Å². The van der Waals surface area contributed by atoms with Crippen LogP contribution in [0.2, 0.25) is 0 Å². The average molecular weight is 243 g/mol. The summed E-state index contributed by atoms with van der Waals surface area (Å²) in [5, 5.41) is 9.18. The Bertz CT molecular complexity index is 312. The first-order valence-corrected chi connectivity index (χ1v) is 5.96. The number of nitrogens with zero attached hydrogens (tertiary/aromatic N) is 1. The summed E-state index contributed by atoms with van der Waals surface area (Å²) >= 11 is 0. The average Bonchev–Trinajstić information content (AvgIpc) is 2.69. The van der Waals surface area contributed by atoms with E-state index in [1.54, 1.807) is 6.92 Å². The number of carbonyl (C=O) groups excluding carboxylic acids is 1. The topological polar surface area (TPSA) is 66.8 Å². The summed E-state index contributed by atoms with van der Waals surface area (Å²) in [5.74, 6) is -1.16. The normalized spacial score (nSPS) is 27.9. The molecule has 3 atom stereocenters. The second kappa shape index (κ2) is 5.04. The number of likely N-dealkylation sites (tertiary alicyclic amines) is 1. The third-order valence-corrected chi connectivity index (χ3v) is 3.79. The lowest BCUT2D eigenvalue weighted by Gasteiger charge is -2.33. The van der Waals surface area contributed by atoms with Gasteiger partial charge in [0.15, 0.2) is 0 Å². The number of amides is 1. The van der Waals surface area contributed by atoms with Gasteiger partial charge in [-0.2, -0.15) is 0 Å². The predicted octanol–water partition coefficient (Wildman–Crippen LogP) is 1.12. The lowest BCUT2D eigenvalue weighted by molar-refractivity contribution is -0.161. The molecule has 1 aliphatic heterocycles. The molecule has 17 heavy (non-hydrogen) atoms. The molecular weight excluding hydrogens is 222 g/mol. The molecule has 5 heteroatoms. The molecule has 1 saturated heterocycles. The second-order valence-corrected chi connectivity index (χ2v) is 4.84. The van der Waals surface area contributed by atoms with E-state index in [4.69, 9.17) is 4.74 Å². The summed E-state index contributed by atoms with van der Waals surface area (Å²) in [6.07, 6.45) is 1.26. The van der Waals surface area contributed by atoms with E-state index in [-0.39, 0.29) is 11.8 Å². The van der Waals surface area contributed by atoms with Crippen LogP contribution < -0.4 is 0 Å². The molecule has 98 valence electrons. The van der Waals surface area contributed by atoms with Crippen LogP contribution in [0.4, 0.5) is 0 Å². The second-order valence-electron chi connectivity index (χ2n) is 4.84. The highest BCUT2D eigenvalue weighted by molar-refractivity contribution is 5.89. The van der Waals surface area contributed by atoms with E-state index < -0.39 is 17.6 Å². The fourth-order valence-electron chi connectivity index (χ4n) is 2.24. The summed E-state index contributed by atoms with van der Waals surface area (Å²) < 4.78 is 5.24. The molecule has 1 fully saturated rings. The van der Waals surface area contributed by atoms with E-state index in [1.807, 2.05) is 13.8 Å². The fourth-order valence-corrected chi connectivity index (χ4v) is 2.24. The molecule has 1 rings (SSSR count). The van der Waals surface area contributed by atoms with Crippen molar-refractivity contribution in [2.24, 2.45) is 5.92 Å². The molecule has 3 unspecified atom stereocenters. The highest BCUT2D eigenvalue weighted by atomic mass is 16.5. The maximum atomic E-state index is 12.3. The Morgan fingerprint density at radius 1 is 1.53 bits per heavy atom. The maximum absolute atomic E-state index is 12.3. The minimum absolute atomic E-state index is 0.00517. The first-order valence-electron chi connectivity index (χ1n) is 5.96. The molecule has 1 N–H and O–H groups in total. The zero-order valence-corrected chi connectivity index (χ0v) is 10.9. The van der Waals surface area contributed by atoms with Crippen molar-refractivity contribution in [3.8, 4) is 0 Å². The zero-order valence-electron chi connectivity index (χ0n) is 10.9. The Hall–Kier alpha value is -1.10. The minimum Gasteiger partial charge on any atom is -0.480 e. The number of hydrogen-bond donors (Lipinski definition) is 1. The Kier molecular flexibility index (Phi) is 4.14. The summed E-state index contributed by atoms with van der Waals surface area (Å²) in [5.41, 5.74) is -0.919. The van der Waals surface area contributed by atoms with Crippen molar-refractivity contribution in [3.05, 3.63) is 0 Å². The lowest BCUT2D eigenvalue weighted by Crippen LogP contribution is -2.52. The summed E-state index contributed by atoms with van der Waals surface area (Å²) in [6.45, 7) is 5.92. The van der Waals surface area contributed by atoms with E-state index in [1.165, 1.54) is 12.0 Å². The molecule has 0 radical (unpaired) electrons. The number of ether oxygens (including phenoxy) is 1. The van der Waals surface area contributed by atoms with Crippen LogP contribution >= 0.6 is 0 Å². The molecule has 0 aliphatic carbocycles. The molecule has 1 amide bonds. The van der Waals surface area contributed by atoms with Crippen LogP contribution in [0.3, 0.4) is 0 Å². The van der Waals surface area contributed by atoms with E-state index in [0.717, 1.165) is 6.42 Å². The lowest BCUT2D eigenvalue weighted by atomic mass is 9.99. The van der Waals surface area contributed by atoms with Crippen molar-refractivity contribution >= 4 is 11.9 Å². The van der Waals surface area contributed by atoms with Crippen LogP contribution in [0.1, 0.15) is 33.6 Å². The van der Waals surface area contributed by atoms with Crippen molar-refractivity contribution in [2.75, 3.05) is 13.7 Å². The van der Waals surface area contributed by atoms with Crippen molar-refractivity contribution in [1.29, 1.82) is 0 Å². The third kappa shape index (κ3) is 2.44. The van der Waals surface area contributed by atoms with Crippen LogP contribution in [0.5, 0.6) is 0 Å². The van der Waals surface area contributed by atoms with Gasteiger partial charge in [0.2, 0.25) is 0 Å². The van der Waals surface area contributed by atoms with Crippen molar-refractivity contribution < 1.29 is 19.4 Å². The fraction of sp³-hybridized carbons (Fsp3) is 0.833. The first-order chi connectivity index (χ1) is 7.87. The zero-order chi connectivity index (χ0) is 13.2. The minimum atomic E-state index is -0.932. The summed E-state index contributed by atoms with van der Waals surface area (Å²) in [6, 6.07) is -0.719. The van der Waals surface area contributed by atoms with E-state index in [9.17, 15) is 14.7 Å². The Morgan fingerprint density at radius 2 is 2.12 bits per heavy atom. The van der Waals surface area contributed by atoms with Gasteiger partial charge in [-0.3, -0.25) is 4.79 Å².